The molecular weight excluding hydrogens is 466 g/mol. The van der Waals surface area contributed by atoms with Crippen molar-refractivity contribution in [3.05, 3.63) is 59.7 Å². The lowest BCUT2D eigenvalue weighted by Gasteiger charge is -2.33. The fourth-order valence-corrected chi connectivity index (χ4v) is 4.53. The first-order valence-electron chi connectivity index (χ1n) is 11.8. The Hall–Kier alpha value is -3.07. The summed E-state index contributed by atoms with van der Waals surface area (Å²) in [6, 6.07) is 13.4. The van der Waals surface area contributed by atoms with Crippen LogP contribution in [0.25, 0.3) is 0 Å². The van der Waals surface area contributed by atoms with Crippen LogP contribution in [0.3, 0.4) is 0 Å². The van der Waals surface area contributed by atoms with Crippen molar-refractivity contribution in [2.45, 2.75) is 52.6 Å². The molecule has 1 unspecified atom stereocenters. The molecule has 0 aliphatic heterocycles. The number of methoxy groups -OCH3 is 1. The molecule has 1 atom stereocenters. The van der Waals surface area contributed by atoms with Crippen LogP contribution in [0.5, 0.6) is 5.75 Å². The van der Waals surface area contributed by atoms with Gasteiger partial charge >= 0.3 is 0 Å². The van der Waals surface area contributed by atoms with Crippen LogP contribution in [0.1, 0.15) is 44.2 Å². The molecule has 0 aliphatic rings. The van der Waals surface area contributed by atoms with Crippen molar-refractivity contribution < 1.29 is 22.7 Å². The van der Waals surface area contributed by atoms with Gasteiger partial charge in [0.2, 0.25) is 21.8 Å². The number of anilines is 1. The maximum atomic E-state index is 13.6. The second kappa shape index (κ2) is 13.1. The highest BCUT2D eigenvalue weighted by molar-refractivity contribution is 7.92. The SMILES string of the molecule is CCCCNC(=O)C(CC)N(Cc1ccc(OC)cc1)C(=O)CN(c1ccc(C)cc1)S(C)(=O)=O. The smallest absolute Gasteiger partial charge is 0.244 e. The van der Waals surface area contributed by atoms with E-state index < -0.39 is 28.5 Å². The molecule has 0 radical (unpaired) electrons. The van der Waals surface area contributed by atoms with Gasteiger partial charge in [0.15, 0.2) is 0 Å². The Morgan fingerprint density at radius 3 is 2.17 bits per heavy atom. The first-order valence-corrected chi connectivity index (χ1v) is 13.7. The van der Waals surface area contributed by atoms with Gasteiger partial charge in [-0.05, 0) is 49.6 Å². The zero-order valence-corrected chi connectivity index (χ0v) is 22.1. The van der Waals surface area contributed by atoms with Crippen LogP contribution in [0.15, 0.2) is 48.5 Å². The van der Waals surface area contributed by atoms with Gasteiger partial charge < -0.3 is 15.0 Å². The van der Waals surface area contributed by atoms with Crippen LogP contribution in [0.4, 0.5) is 5.69 Å². The number of ether oxygens (including phenoxy) is 1. The van der Waals surface area contributed by atoms with Gasteiger partial charge in [0.1, 0.15) is 18.3 Å². The summed E-state index contributed by atoms with van der Waals surface area (Å²) in [5, 5.41) is 2.91. The largest absolute Gasteiger partial charge is 0.497 e. The van der Waals surface area contributed by atoms with Crippen LogP contribution < -0.4 is 14.4 Å². The Morgan fingerprint density at radius 1 is 1.03 bits per heavy atom. The van der Waals surface area contributed by atoms with Crippen molar-refractivity contribution in [2.75, 3.05) is 30.8 Å². The third-order valence-corrected chi connectivity index (χ3v) is 6.87. The lowest BCUT2D eigenvalue weighted by Crippen LogP contribution is -2.52. The average molecular weight is 504 g/mol. The van der Waals surface area contributed by atoms with Crippen molar-refractivity contribution >= 4 is 27.5 Å². The zero-order valence-electron chi connectivity index (χ0n) is 21.3. The fraction of sp³-hybridized carbons (Fsp3) is 0.462. The molecule has 192 valence electrons. The molecule has 2 aromatic rings. The van der Waals surface area contributed by atoms with E-state index in [4.69, 9.17) is 4.74 Å². The molecule has 8 nitrogen and oxygen atoms in total. The van der Waals surface area contributed by atoms with Gasteiger partial charge in [-0.3, -0.25) is 13.9 Å². The molecule has 0 bridgehead atoms. The second-order valence-corrected chi connectivity index (χ2v) is 10.5. The normalized spacial score (nSPS) is 12.0. The van der Waals surface area contributed by atoms with Gasteiger partial charge in [-0.25, -0.2) is 8.42 Å². The number of unbranched alkanes of at least 4 members (excludes halogenated alkanes) is 1. The number of nitrogens with one attached hydrogen (secondary N) is 1. The number of benzene rings is 2. The number of rotatable bonds is 13. The predicted molar refractivity (Wildman–Crippen MR) is 139 cm³/mol. The number of carbonyl (C=O) groups excluding carboxylic acids is 2. The molecular formula is C26H37N3O5S. The Labute approximate surface area is 209 Å². The molecule has 0 aromatic heterocycles. The fourth-order valence-electron chi connectivity index (χ4n) is 3.68. The van der Waals surface area contributed by atoms with Crippen molar-refractivity contribution in [1.29, 1.82) is 0 Å². The van der Waals surface area contributed by atoms with Crippen LogP contribution >= 0.6 is 0 Å². The van der Waals surface area contributed by atoms with Crippen molar-refractivity contribution in [3.63, 3.8) is 0 Å². The molecule has 0 saturated heterocycles. The first kappa shape index (κ1) is 28.2. The summed E-state index contributed by atoms with van der Waals surface area (Å²) >= 11 is 0. The third-order valence-electron chi connectivity index (χ3n) is 5.73. The number of amides is 2. The van der Waals surface area contributed by atoms with Gasteiger partial charge in [0, 0.05) is 13.1 Å². The van der Waals surface area contributed by atoms with E-state index in [9.17, 15) is 18.0 Å². The summed E-state index contributed by atoms with van der Waals surface area (Å²) in [5.74, 6) is -0.0213. The second-order valence-electron chi connectivity index (χ2n) is 8.54. The van der Waals surface area contributed by atoms with Crippen molar-refractivity contribution in [2.24, 2.45) is 0 Å². The van der Waals surface area contributed by atoms with Gasteiger partial charge in [-0.2, -0.15) is 0 Å². The van der Waals surface area contributed by atoms with E-state index in [0.29, 0.717) is 24.4 Å². The molecule has 2 aromatic carbocycles. The molecule has 2 amide bonds. The quantitative estimate of drug-likeness (QED) is 0.422. The predicted octanol–water partition coefficient (Wildman–Crippen LogP) is 3.49. The Bertz CT molecular complexity index is 1070. The summed E-state index contributed by atoms with van der Waals surface area (Å²) in [5.41, 5.74) is 2.18. The molecule has 0 aliphatic carbocycles. The van der Waals surface area contributed by atoms with Crippen LogP contribution in [-0.4, -0.2) is 57.6 Å². The lowest BCUT2D eigenvalue weighted by atomic mass is 10.1. The Morgan fingerprint density at radius 2 is 1.66 bits per heavy atom. The molecule has 0 spiro atoms. The highest BCUT2D eigenvalue weighted by Gasteiger charge is 2.31. The standard InChI is InChI=1S/C26H37N3O5S/c1-6-8-17-27-26(31)24(7-2)28(18-21-11-15-23(34-4)16-12-21)25(30)19-29(35(5,32)33)22-13-9-20(3)10-14-22/h9-16,24H,6-8,17-19H2,1-5H3,(H,27,31). The summed E-state index contributed by atoms with van der Waals surface area (Å²) in [6.45, 7) is 6.06. The van der Waals surface area contributed by atoms with Crippen molar-refractivity contribution in [1.82, 2.24) is 10.2 Å². The van der Waals surface area contributed by atoms with Gasteiger partial charge in [-0.1, -0.05) is 50.1 Å². The number of carbonyl (C=O) groups is 2. The average Bonchev–Trinajstić information content (AvgIpc) is 2.83. The molecule has 0 heterocycles. The molecule has 9 heteroatoms. The van der Waals surface area contributed by atoms with E-state index in [1.807, 2.05) is 32.9 Å². The molecule has 35 heavy (non-hydrogen) atoms. The van der Waals surface area contributed by atoms with Crippen LogP contribution in [0.2, 0.25) is 0 Å². The summed E-state index contributed by atoms with van der Waals surface area (Å²) in [7, 11) is -2.17. The Kier molecular flexibility index (Phi) is 10.6. The van der Waals surface area contributed by atoms with E-state index in [-0.39, 0.29) is 12.5 Å². The molecule has 2 rings (SSSR count). The molecule has 0 fully saturated rings. The minimum absolute atomic E-state index is 0.161. The van der Waals surface area contributed by atoms with Gasteiger partial charge in [0.25, 0.3) is 0 Å². The maximum Gasteiger partial charge on any atom is 0.244 e. The van der Waals surface area contributed by atoms with Gasteiger partial charge in [0.05, 0.1) is 19.1 Å². The van der Waals surface area contributed by atoms with Crippen LogP contribution in [0, 0.1) is 6.92 Å². The monoisotopic (exact) mass is 503 g/mol. The first-order chi connectivity index (χ1) is 16.6. The Balaban J connectivity index is 2.38. The van der Waals surface area contributed by atoms with Crippen LogP contribution in [-0.2, 0) is 26.2 Å². The maximum absolute atomic E-state index is 13.6. The number of sulfonamides is 1. The summed E-state index contributed by atoms with van der Waals surface area (Å²) in [4.78, 5) is 28.1. The zero-order chi connectivity index (χ0) is 26.0. The number of hydrogen-bond acceptors (Lipinski definition) is 5. The highest BCUT2D eigenvalue weighted by atomic mass is 32.2. The third kappa shape index (κ3) is 8.28. The van der Waals surface area contributed by atoms with Crippen molar-refractivity contribution in [3.8, 4) is 5.75 Å². The highest BCUT2D eigenvalue weighted by Crippen LogP contribution is 2.21. The van der Waals surface area contributed by atoms with E-state index >= 15 is 0 Å². The minimum atomic E-state index is -3.74. The number of nitrogens with zero attached hydrogens (tertiary/aromatic N) is 2. The lowest BCUT2D eigenvalue weighted by molar-refractivity contribution is -0.140. The van der Waals surface area contributed by atoms with E-state index in [1.165, 1.54) is 4.90 Å². The van der Waals surface area contributed by atoms with E-state index in [1.54, 1.807) is 43.5 Å². The van der Waals surface area contributed by atoms with Gasteiger partial charge in [-0.15, -0.1) is 0 Å². The number of hydrogen-bond donors (Lipinski definition) is 1. The minimum Gasteiger partial charge on any atom is -0.497 e. The summed E-state index contributed by atoms with van der Waals surface area (Å²) in [6.07, 6.45) is 3.24. The molecule has 1 N–H and O–H groups in total. The topological polar surface area (TPSA) is 96.0 Å². The van der Waals surface area contributed by atoms with E-state index in [0.717, 1.165) is 34.5 Å². The number of aryl methyl sites for hydroxylation is 1. The summed E-state index contributed by atoms with van der Waals surface area (Å²) < 4.78 is 31.5. The molecule has 0 saturated carbocycles. The van der Waals surface area contributed by atoms with E-state index in [2.05, 4.69) is 5.32 Å².